The van der Waals surface area contributed by atoms with E-state index in [-0.39, 0.29) is 37.9 Å². The first-order valence-corrected chi connectivity index (χ1v) is 11.8. The summed E-state index contributed by atoms with van der Waals surface area (Å²) >= 11 is 6.05. The molecule has 35 heavy (non-hydrogen) atoms. The van der Waals surface area contributed by atoms with Crippen LogP contribution in [0, 0.1) is 29.6 Å². The van der Waals surface area contributed by atoms with Crippen molar-refractivity contribution in [3.63, 3.8) is 0 Å². The second kappa shape index (κ2) is 10.4. The molecule has 0 atom stereocenters. The number of ether oxygens (including phenoxy) is 1. The summed E-state index contributed by atoms with van der Waals surface area (Å²) in [6, 6.07) is 16.1. The summed E-state index contributed by atoms with van der Waals surface area (Å²) in [5, 5.41) is 26.3. The highest BCUT2D eigenvalue weighted by atomic mass is 35.5. The van der Waals surface area contributed by atoms with E-state index in [0.29, 0.717) is 11.3 Å². The van der Waals surface area contributed by atoms with Crippen molar-refractivity contribution < 1.29 is 22.7 Å². The van der Waals surface area contributed by atoms with Gasteiger partial charge >= 0.3 is 0 Å². The van der Waals surface area contributed by atoms with E-state index in [9.17, 15) is 28.5 Å². The molecule has 0 saturated carbocycles. The molecule has 3 N–H and O–H groups in total. The lowest BCUT2D eigenvalue weighted by Crippen LogP contribution is -2.21. The average Bonchev–Trinajstić information content (AvgIpc) is 2.82. The van der Waals surface area contributed by atoms with Crippen LogP contribution in [-0.2, 0) is 14.8 Å². The minimum atomic E-state index is -3.88. The van der Waals surface area contributed by atoms with E-state index >= 15 is 0 Å². The summed E-state index contributed by atoms with van der Waals surface area (Å²) in [7, 11) is -3.88. The van der Waals surface area contributed by atoms with Crippen LogP contribution in [0.2, 0.25) is 5.02 Å². The normalized spacial score (nSPS) is 10.7. The highest BCUT2D eigenvalue weighted by Gasteiger charge is 2.18. The van der Waals surface area contributed by atoms with Gasteiger partial charge in [0.05, 0.1) is 33.7 Å². The summed E-state index contributed by atoms with van der Waals surface area (Å²) in [4.78, 5) is 25.5. The summed E-state index contributed by atoms with van der Waals surface area (Å²) in [6.07, 6.45) is 0. The molecule has 176 valence electrons. The molecule has 11 heteroatoms. The summed E-state index contributed by atoms with van der Waals surface area (Å²) in [5.41, 5.74) is 1.23. The van der Waals surface area contributed by atoms with Gasteiger partial charge in [0.2, 0.25) is 10.0 Å². The number of halogens is 1. The molecule has 1 amide bonds. The minimum Gasteiger partial charge on any atom is -0.483 e. The first kappa shape index (κ1) is 25.4. The molecule has 0 saturated heterocycles. The van der Waals surface area contributed by atoms with Crippen molar-refractivity contribution in [3.8, 4) is 17.9 Å². The van der Waals surface area contributed by atoms with Crippen LogP contribution in [0.5, 0.6) is 5.75 Å². The average molecular weight is 509 g/mol. The van der Waals surface area contributed by atoms with Crippen LogP contribution in [0.1, 0.15) is 32.6 Å². The van der Waals surface area contributed by atoms with Gasteiger partial charge < -0.3 is 10.1 Å². The smallest absolute Gasteiger partial charge is 0.262 e. The molecule has 3 aromatic rings. The Labute approximate surface area is 206 Å². The van der Waals surface area contributed by atoms with Gasteiger partial charge in [-0.3, -0.25) is 9.59 Å². The molecule has 0 unspecified atom stereocenters. The van der Waals surface area contributed by atoms with Crippen molar-refractivity contribution >= 4 is 39.0 Å². The van der Waals surface area contributed by atoms with Gasteiger partial charge in [0.15, 0.2) is 12.4 Å². The Bertz CT molecular complexity index is 1510. The number of sulfonamides is 1. The van der Waals surface area contributed by atoms with Crippen LogP contribution in [0.3, 0.4) is 0 Å². The highest BCUT2D eigenvalue weighted by molar-refractivity contribution is 7.89. The molecule has 0 aliphatic heterocycles. The SMILES string of the molecule is Cc1cc(S(N)(=O)=O)ccc1NC(=O)COc1ccc(Cl)cc1C(=O)c1cc(C#N)cc(C#N)c1. The quantitative estimate of drug-likeness (QED) is 0.462. The zero-order valence-electron chi connectivity index (χ0n) is 18.2. The standard InChI is InChI=1S/C24H17ClN4O5S/c1-14-6-19(35(28,32)33)3-4-21(14)29-23(30)13-34-22-5-2-18(25)10-20(22)24(31)17-8-15(11-26)7-16(9-17)12-27/h2-10H,13H2,1H3,(H,29,30)(H2,28,32,33). The van der Waals surface area contributed by atoms with Gasteiger partial charge in [-0.15, -0.1) is 0 Å². The van der Waals surface area contributed by atoms with Gasteiger partial charge in [-0.25, -0.2) is 13.6 Å². The Morgan fingerprint density at radius 1 is 1.03 bits per heavy atom. The van der Waals surface area contributed by atoms with Crippen molar-refractivity contribution in [2.24, 2.45) is 5.14 Å². The lowest BCUT2D eigenvalue weighted by Gasteiger charge is -2.13. The Balaban J connectivity index is 1.81. The number of benzene rings is 3. The van der Waals surface area contributed by atoms with Gasteiger partial charge in [-0.05, 0) is 67.1 Å². The molecule has 0 radical (unpaired) electrons. The van der Waals surface area contributed by atoms with Crippen molar-refractivity contribution in [3.05, 3.63) is 87.4 Å². The summed E-state index contributed by atoms with van der Waals surface area (Å²) < 4.78 is 28.5. The summed E-state index contributed by atoms with van der Waals surface area (Å²) in [5.74, 6) is -1.05. The number of hydrogen-bond donors (Lipinski definition) is 2. The van der Waals surface area contributed by atoms with Crippen LogP contribution >= 0.6 is 11.6 Å². The van der Waals surface area contributed by atoms with Gasteiger partial charge in [0, 0.05) is 16.3 Å². The highest BCUT2D eigenvalue weighted by Crippen LogP contribution is 2.27. The van der Waals surface area contributed by atoms with Crippen LogP contribution in [0.15, 0.2) is 59.5 Å². The van der Waals surface area contributed by atoms with E-state index < -0.39 is 28.3 Å². The molecule has 0 bridgehead atoms. The van der Waals surface area contributed by atoms with E-state index in [1.165, 1.54) is 54.6 Å². The van der Waals surface area contributed by atoms with Gasteiger partial charge in [-0.1, -0.05) is 11.6 Å². The van der Waals surface area contributed by atoms with Crippen molar-refractivity contribution in [1.82, 2.24) is 0 Å². The van der Waals surface area contributed by atoms with E-state index in [1.807, 2.05) is 12.1 Å². The fourth-order valence-electron chi connectivity index (χ4n) is 3.13. The molecule has 0 heterocycles. The lowest BCUT2D eigenvalue weighted by atomic mass is 9.98. The second-order valence-corrected chi connectivity index (χ2v) is 9.35. The van der Waals surface area contributed by atoms with Crippen molar-refractivity contribution in [1.29, 1.82) is 10.5 Å². The predicted octanol–water partition coefficient (Wildman–Crippen LogP) is 3.29. The molecule has 0 aliphatic carbocycles. The number of nitrogens with one attached hydrogen (secondary N) is 1. The van der Waals surface area contributed by atoms with Gasteiger partial charge in [0.25, 0.3) is 5.91 Å². The largest absolute Gasteiger partial charge is 0.483 e. The third-order valence-electron chi connectivity index (χ3n) is 4.80. The Hall–Kier alpha value is -4.22. The van der Waals surface area contributed by atoms with Crippen LogP contribution in [-0.4, -0.2) is 26.7 Å². The number of rotatable bonds is 7. The Kier molecular flexibility index (Phi) is 7.52. The predicted molar refractivity (Wildman–Crippen MR) is 127 cm³/mol. The Morgan fingerprint density at radius 2 is 1.69 bits per heavy atom. The monoisotopic (exact) mass is 508 g/mol. The molecule has 3 aromatic carbocycles. The molecular weight excluding hydrogens is 492 g/mol. The molecule has 0 aromatic heterocycles. The second-order valence-electron chi connectivity index (χ2n) is 7.35. The maximum Gasteiger partial charge on any atom is 0.262 e. The van der Waals surface area contributed by atoms with Crippen LogP contribution < -0.4 is 15.2 Å². The third-order valence-corrected chi connectivity index (χ3v) is 5.94. The number of nitrogens with two attached hydrogens (primary N) is 1. The first-order valence-electron chi connectivity index (χ1n) is 9.87. The fraction of sp³-hybridized carbons (Fsp3) is 0.0833. The topological polar surface area (TPSA) is 163 Å². The number of carbonyl (C=O) groups excluding carboxylic acids is 2. The molecule has 0 spiro atoms. The maximum atomic E-state index is 13.1. The molecule has 9 nitrogen and oxygen atoms in total. The number of nitrogens with zero attached hydrogens (tertiary/aromatic N) is 2. The van der Waals surface area contributed by atoms with Gasteiger partial charge in [0.1, 0.15) is 5.75 Å². The molecule has 0 aliphatic rings. The molecular formula is C24H17ClN4O5S. The zero-order chi connectivity index (χ0) is 25.8. The number of primary sulfonamides is 1. The maximum absolute atomic E-state index is 13.1. The van der Waals surface area contributed by atoms with Crippen molar-refractivity contribution in [2.45, 2.75) is 11.8 Å². The van der Waals surface area contributed by atoms with E-state index in [4.69, 9.17) is 21.5 Å². The lowest BCUT2D eigenvalue weighted by molar-refractivity contribution is -0.118. The first-order chi connectivity index (χ1) is 16.5. The zero-order valence-corrected chi connectivity index (χ0v) is 19.8. The number of anilines is 1. The van der Waals surface area contributed by atoms with Crippen LogP contribution in [0.25, 0.3) is 0 Å². The number of ketones is 1. The third kappa shape index (κ3) is 6.22. The number of carbonyl (C=O) groups is 2. The fourth-order valence-corrected chi connectivity index (χ4v) is 3.90. The molecule has 3 rings (SSSR count). The van der Waals surface area contributed by atoms with Gasteiger partial charge in [-0.2, -0.15) is 10.5 Å². The number of nitriles is 2. The van der Waals surface area contributed by atoms with Crippen LogP contribution in [0.4, 0.5) is 5.69 Å². The van der Waals surface area contributed by atoms with E-state index in [2.05, 4.69) is 5.32 Å². The minimum absolute atomic E-state index is 0.0398. The number of hydrogen-bond acceptors (Lipinski definition) is 7. The van der Waals surface area contributed by atoms with Crippen molar-refractivity contribution in [2.75, 3.05) is 11.9 Å². The van der Waals surface area contributed by atoms with E-state index in [0.717, 1.165) is 0 Å². The number of amides is 1. The summed E-state index contributed by atoms with van der Waals surface area (Å²) in [6.45, 7) is 1.13. The van der Waals surface area contributed by atoms with E-state index in [1.54, 1.807) is 6.92 Å². The Morgan fingerprint density at radius 3 is 2.26 bits per heavy atom. The number of aryl methyl sites for hydroxylation is 1. The molecule has 0 fully saturated rings.